The number of esters is 1. The van der Waals surface area contributed by atoms with Crippen LogP contribution >= 0.6 is 0 Å². The number of rotatable bonds is 5. The van der Waals surface area contributed by atoms with Crippen molar-refractivity contribution in [2.75, 3.05) is 13.7 Å². The average molecular weight is 275 g/mol. The third-order valence-electron chi connectivity index (χ3n) is 4.13. The second kappa shape index (κ2) is 7.44. The van der Waals surface area contributed by atoms with Gasteiger partial charge in [-0.3, -0.25) is 9.69 Å². The van der Waals surface area contributed by atoms with E-state index >= 15 is 0 Å². The Morgan fingerprint density at radius 2 is 2.25 bits per heavy atom. The van der Waals surface area contributed by atoms with Crippen molar-refractivity contribution < 1.29 is 9.53 Å². The molecule has 0 N–H and O–H groups in total. The largest absolute Gasteiger partial charge is 0.469 e. The Balaban J connectivity index is 1.94. The van der Waals surface area contributed by atoms with Crippen LogP contribution in [0.1, 0.15) is 43.2 Å². The fraction of sp³-hybridized carbons (Fsp3) is 0.588. The number of hydrogen-bond donors (Lipinski definition) is 0. The Bertz CT molecular complexity index is 444. The van der Waals surface area contributed by atoms with E-state index in [2.05, 4.69) is 36.1 Å². The van der Waals surface area contributed by atoms with Gasteiger partial charge in [0.25, 0.3) is 0 Å². The maximum Gasteiger partial charge on any atom is 0.305 e. The second-order valence-electron chi connectivity index (χ2n) is 5.72. The number of benzene rings is 1. The van der Waals surface area contributed by atoms with E-state index < -0.39 is 0 Å². The zero-order valence-corrected chi connectivity index (χ0v) is 12.6. The highest BCUT2D eigenvalue weighted by atomic mass is 16.5. The van der Waals surface area contributed by atoms with Gasteiger partial charge in [0.15, 0.2) is 0 Å². The standard InChI is InChI=1S/C17H25NO2/c1-14-6-5-7-15(12-14)13-18-11-4-3-8-16(18)9-10-17(19)20-2/h5-7,12,16H,3-4,8-11,13H2,1-2H3. The van der Waals surface area contributed by atoms with E-state index in [0.717, 1.165) is 19.5 Å². The summed E-state index contributed by atoms with van der Waals surface area (Å²) in [5, 5.41) is 0. The van der Waals surface area contributed by atoms with Crippen molar-refractivity contribution in [1.29, 1.82) is 0 Å². The Morgan fingerprint density at radius 1 is 1.40 bits per heavy atom. The Kier molecular flexibility index (Phi) is 5.60. The van der Waals surface area contributed by atoms with Crippen molar-refractivity contribution >= 4 is 5.97 Å². The molecule has 0 aliphatic carbocycles. The van der Waals surface area contributed by atoms with Gasteiger partial charge in [0.05, 0.1) is 7.11 Å². The number of hydrogen-bond acceptors (Lipinski definition) is 3. The van der Waals surface area contributed by atoms with E-state index in [0.29, 0.717) is 12.5 Å². The number of nitrogens with zero attached hydrogens (tertiary/aromatic N) is 1. The van der Waals surface area contributed by atoms with Crippen molar-refractivity contribution in [2.24, 2.45) is 0 Å². The smallest absolute Gasteiger partial charge is 0.305 e. The number of carbonyl (C=O) groups excluding carboxylic acids is 1. The number of piperidine rings is 1. The molecule has 20 heavy (non-hydrogen) atoms. The van der Waals surface area contributed by atoms with Crippen molar-refractivity contribution in [2.45, 2.75) is 51.6 Å². The molecule has 1 atom stereocenters. The minimum absolute atomic E-state index is 0.0916. The van der Waals surface area contributed by atoms with E-state index in [4.69, 9.17) is 4.74 Å². The third-order valence-corrected chi connectivity index (χ3v) is 4.13. The monoisotopic (exact) mass is 275 g/mol. The molecule has 0 bridgehead atoms. The minimum Gasteiger partial charge on any atom is -0.469 e. The molecule has 110 valence electrons. The molecule has 1 heterocycles. The molecule has 3 nitrogen and oxygen atoms in total. The molecule has 0 spiro atoms. The summed E-state index contributed by atoms with van der Waals surface area (Å²) in [6.07, 6.45) is 5.18. The number of carbonyl (C=O) groups is 1. The summed E-state index contributed by atoms with van der Waals surface area (Å²) >= 11 is 0. The molecular formula is C17H25NO2. The van der Waals surface area contributed by atoms with Gasteiger partial charge in [-0.2, -0.15) is 0 Å². The maximum atomic E-state index is 11.3. The van der Waals surface area contributed by atoms with Crippen molar-refractivity contribution in [1.82, 2.24) is 4.90 Å². The summed E-state index contributed by atoms with van der Waals surface area (Å²) in [5.74, 6) is -0.0916. The lowest BCUT2D eigenvalue weighted by molar-refractivity contribution is -0.141. The summed E-state index contributed by atoms with van der Waals surface area (Å²) in [4.78, 5) is 13.9. The molecule has 0 radical (unpaired) electrons. The summed E-state index contributed by atoms with van der Waals surface area (Å²) in [7, 11) is 1.47. The second-order valence-corrected chi connectivity index (χ2v) is 5.72. The first-order chi connectivity index (χ1) is 9.69. The SMILES string of the molecule is COC(=O)CCC1CCCCN1Cc1cccc(C)c1. The molecule has 1 saturated heterocycles. The predicted molar refractivity (Wildman–Crippen MR) is 80.5 cm³/mol. The number of methoxy groups -OCH3 is 1. The van der Waals surface area contributed by atoms with Crippen molar-refractivity contribution in [3.05, 3.63) is 35.4 Å². The fourth-order valence-electron chi connectivity index (χ4n) is 3.03. The van der Waals surface area contributed by atoms with Gasteiger partial charge in [-0.05, 0) is 38.3 Å². The molecule has 3 heteroatoms. The molecule has 1 unspecified atom stereocenters. The van der Waals surface area contributed by atoms with Crippen molar-refractivity contribution in [3.63, 3.8) is 0 Å². The van der Waals surface area contributed by atoms with Gasteiger partial charge in [0, 0.05) is 19.0 Å². The van der Waals surface area contributed by atoms with E-state index in [1.165, 1.54) is 37.5 Å². The van der Waals surface area contributed by atoms with Crippen LogP contribution in [0, 0.1) is 6.92 Å². The topological polar surface area (TPSA) is 29.5 Å². The van der Waals surface area contributed by atoms with E-state index in [1.54, 1.807) is 0 Å². The maximum absolute atomic E-state index is 11.3. The van der Waals surface area contributed by atoms with E-state index in [9.17, 15) is 4.79 Å². The first-order valence-electron chi connectivity index (χ1n) is 7.55. The Labute approximate surface area is 121 Å². The van der Waals surface area contributed by atoms with Crippen LogP contribution < -0.4 is 0 Å². The van der Waals surface area contributed by atoms with E-state index in [-0.39, 0.29) is 5.97 Å². The number of likely N-dealkylation sites (tertiary alicyclic amines) is 1. The van der Waals surface area contributed by atoms with Gasteiger partial charge < -0.3 is 4.74 Å². The Morgan fingerprint density at radius 3 is 3.00 bits per heavy atom. The normalized spacial score (nSPS) is 19.8. The lowest BCUT2D eigenvalue weighted by atomic mass is 9.97. The van der Waals surface area contributed by atoms with Gasteiger partial charge in [-0.15, -0.1) is 0 Å². The van der Waals surface area contributed by atoms with Crippen molar-refractivity contribution in [3.8, 4) is 0 Å². The molecule has 0 aromatic heterocycles. The molecule has 1 aliphatic rings. The van der Waals surface area contributed by atoms with E-state index in [1.807, 2.05) is 0 Å². The summed E-state index contributed by atoms with van der Waals surface area (Å²) < 4.78 is 4.75. The van der Waals surface area contributed by atoms with Crippen LogP contribution in [0.25, 0.3) is 0 Å². The summed E-state index contributed by atoms with van der Waals surface area (Å²) in [6.45, 7) is 4.27. The highest BCUT2D eigenvalue weighted by molar-refractivity contribution is 5.69. The van der Waals surface area contributed by atoms with Crippen LogP contribution in [0.2, 0.25) is 0 Å². The molecule has 0 saturated carbocycles. The molecule has 2 rings (SSSR count). The summed E-state index contributed by atoms with van der Waals surface area (Å²) in [6, 6.07) is 9.22. The quantitative estimate of drug-likeness (QED) is 0.772. The molecule has 1 aliphatic heterocycles. The Hall–Kier alpha value is -1.35. The third kappa shape index (κ3) is 4.34. The van der Waals surface area contributed by atoms with Gasteiger partial charge in [0.2, 0.25) is 0 Å². The first-order valence-corrected chi connectivity index (χ1v) is 7.55. The van der Waals surface area contributed by atoms with Gasteiger partial charge >= 0.3 is 5.97 Å². The first kappa shape index (κ1) is 15.0. The van der Waals surface area contributed by atoms with Crippen LogP contribution in [0.5, 0.6) is 0 Å². The fourth-order valence-corrected chi connectivity index (χ4v) is 3.03. The van der Waals surface area contributed by atoms with Gasteiger partial charge in [-0.1, -0.05) is 36.2 Å². The number of aryl methyl sites for hydroxylation is 1. The lowest BCUT2D eigenvalue weighted by Crippen LogP contribution is -2.39. The predicted octanol–water partition coefficient (Wildman–Crippen LogP) is 3.30. The molecule has 1 aromatic carbocycles. The van der Waals surface area contributed by atoms with Crippen LogP contribution in [-0.4, -0.2) is 30.6 Å². The summed E-state index contributed by atoms with van der Waals surface area (Å²) in [5.41, 5.74) is 2.68. The van der Waals surface area contributed by atoms with Crippen LogP contribution in [0.3, 0.4) is 0 Å². The van der Waals surface area contributed by atoms with Gasteiger partial charge in [-0.25, -0.2) is 0 Å². The minimum atomic E-state index is -0.0916. The highest BCUT2D eigenvalue weighted by Gasteiger charge is 2.23. The molecular weight excluding hydrogens is 250 g/mol. The average Bonchev–Trinajstić information content (AvgIpc) is 2.46. The van der Waals surface area contributed by atoms with Crippen LogP contribution in [0.15, 0.2) is 24.3 Å². The zero-order valence-electron chi connectivity index (χ0n) is 12.6. The molecule has 0 amide bonds. The van der Waals surface area contributed by atoms with Gasteiger partial charge in [0.1, 0.15) is 0 Å². The highest BCUT2D eigenvalue weighted by Crippen LogP contribution is 2.23. The molecule has 1 fully saturated rings. The van der Waals surface area contributed by atoms with Crippen LogP contribution in [-0.2, 0) is 16.1 Å². The molecule has 1 aromatic rings. The zero-order chi connectivity index (χ0) is 14.4. The number of ether oxygens (including phenoxy) is 1. The lowest BCUT2D eigenvalue weighted by Gasteiger charge is -2.35. The van der Waals surface area contributed by atoms with Crippen LogP contribution in [0.4, 0.5) is 0 Å².